The largest absolute Gasteiger partial charge is 0.490 e. The Hall–Kier alpha value is -3.90. The summed E-state index contributed by atoms with van der Waals surface area (Å²) in [5.41, 5.74) is 2.66. The lowest BCUT2D eigenvalue weighted by molar-refractivity contribution is -0.384. The average molecular weight is 510 g/mol. The lowest BCUT2D eigenvalue weighted by atomic mass is 10.1. The van der Waals surface area contributed by atoms with Crippen molar-refractivity contribution in [3.8, 4) is 17.6 Å². The first-order valence-electron chi connectivity index (χ1n) is 9.97. The van der Waals surface area contributed by atoms with Gasteiger partial charge in [0.15, 0.2) is 11.5 Å². The SMILES string of the molecule is CCOc1cc(/C=N\OCc2cccc([N+](=O)[O-])c2)cc(Br)c1OCc1ccccc1C#N. The van der Waals surface area contributed by atoms with E-state index in [2.05, 4.69) is 27.2 Å². The van der Waals surface area contributed by atoms with Crippen LogP contribution in [0.3, 0.4) is 0 Å². The molecule has 0 atom stereocenters. The fraction of sp³-hybridized carbons (Fsp3) is 0.167. The molecule has 0 heterocycles. The van der Waals surface area contributed by atoms with E-state index in [1.807, 2.05) is 19.1 Å². The fourth-order valence-electron chi connectivity index (χ4n) is 2.94. The highest BCUT2D eigenvalue weighted by Gasteiger charge is 2.13. The molecule has 3 rings (SSSR count). The first-order chi connectivity index (χ1) is 16.0. The van der Waals surface area contributed by atoms with Gasteiger partial charge in [0, 0.05) is 23.3 Å². The summed E-state index contributed by atoms with van der Waals surface area (Å²) in [5, 5.41) is 24.1. The van der Waals surface area contributed by atoms with Crippen molar-refractivity contribution < 1.29 is 19.2 Å². The number of oxime groups is 1. The quantitative estimate of drug-likeness (QED) is 0.195. The van der Waals surface area contributed by atoms with Crippen molar-refractivity contribution in [2.24, 2.45) is 5.16 Å². The van der Waals surface area contributed by atoms with Gasteiger partial charge < -0.3 is 14.3 Å². The van der Waals surface area contributed by atoms with Crippen LogP contribution in [0.5, 0.6) is 11.5 Å². The molecular formula is C24H20BrN3O5. The second kappa shape index (κ2) is 11.6. The van der Waals surface area contributed by atoms with Crippen LogP contribution in [0.2, 0.25) is 0 Å². The Balaban J connectivity index is 1.70. The molecule has 0 unspecified atom stereocenters. The third-order valence-electron chi connectivity index (χ3n) is 4.47. The zero-order chi connectivity index (χ0) is 23.6. The van der Waals surface area contributed by atoms with Gasteiger partial charge in [-0.1, -0.05) is 35.5 Å². The zero-order valence-corrected chi connectivity index (χ0v) is 19.3. The van der Waals surface area contributed by atoms with Crippen molar-refractivity contribution >= 4 is 27.8 Å². The summed E-state index contributed by atoms with van der Waals surface area (Å²) in [7, 11) is 0. The number of non-ortho nitro benzene ring substituents is 1. The molecular weight excluding hydrogens is 490 g/mol. The topological polar surface area (TPSA) is 107 Å². The van der Waals surface area contributed by atoms with Crippen molar-refractivity contribution in [2.45, 2.75) is 20.1 Å². The molecule has 0 aliphatic heterocycles. The Labute approximate surface area is 199 Å². The van der Waals surface area contributed by atoms with E-state index in [1.54, 1.807) is 36.4 Å². The predicted molar refractivity (Wildman–Crippen MR) is 126 cm³/mol. The molecule has 0 saturated carbocycles. The number of ether oxygens (including phenoxy) is 2. The van der Waals surface area contributed by atoms with Crippen LogP contribution in [-0.2, 0) is 18.1 Å². The minimum atomic E-state index is -0.456. The Bertz CT molecular complexity index is 1210. The Morgan fingerprint density at radius 2 is 1.94 bits per heavy atom. The molecule has 0 bridgehead atoms. The summed E-state index contributed by atoms with van der Waals surface area (Å²) in [4.78, 5) is 15.7. The summed E-state index contributed by atoms with van der Waals surface area (Å²) in [5.74, 6) is 1.03. The molecule has 8 nitrogen and oxygen atoms in total. The predicted octanol–water partition coefficient (Wildman–Crippen LogP) is 5.76. The first-order valence-corrected chi connectivity index (χ1v) is 10.8. The van der Waals surface area contributed by atoms with Crippen molar-refractivity contribution in [3.63, 3.8) is 0 Å². The third-order valence-corrected chi connectivity index (χ3v) is 5.06. The summed E-state index contributed by atoms with van der Waals surface area (Å²) in [6.07, 6.45) is 1.51. The molecule has 9 heteroatoms. The Kier molecular flexibility index (Phi) is 8.38. The molecule has 0 radical (unpaired) electrons. The number of hydrogen-bond acceptors (Lipinski definition) is 7. The van der Waals surface area contributed by atoms with Crippen LogP contribution in [0.25, 0.3) is 0 Å². The number of nitrogens with zero attached hydrogens (tertiary/aromatic N) is 3. The molecule has 0 aromatic heterocycles. The second-order valence-corrected chi connectivity index (χ2v) is 7.61. The highest BCUT2D eigenvalue weighted by Crippen LogP contribution is 2.37. The van der Waals surface area contributed by atoms with Gasteiger partial charge in [-0.2, -0.15) is 5.26 Å². The number of nitro benzene ring substituents is 1. The van der Waals surface area contributed by atoms with Crippen molar-refractivity contribution in [3.05, 3.63) is 97.5 Å². The van der Waals surface area contributed by atoms with Gasteiger partial charge in [-0.05, 0) is 46.6 Å². The normalized spacial score (nSPS) is 10.6. The third kappa shape index (κ3) is 6.54. The highest BCUT2D eigenvalue weighted by atomic mass is 79.9. The van der Waals surface area contributed by atoms with E-state index in [9.17, 15) is 15.4 Å². The van der Waals surface area contributed by atoms with Crippen LogP contribution in [0.1, 0.15) is 29.2 Å². The van der Waals surface area contributed by atoms with Gasteiger partial charge in [0.05, 0.1) is 33.9 Å². The zero-order valence-electron chi connectivity index (χ0n) is 17.7. The van der Waals surface area contributed by atoms with Crippen LogP contribution in [0.4, 0.5) is 5.69 Å². The van der Waals surface area contributed by atoms with Gasteiger partial charge in [-0.25, -0.2) is 0 Å². The lowest BCUT2D eigenvalue weighted by Gasteiger charge is -2.15. The number of benzene rings is 3. The van der Waals surface area contributed by atoms with Crippen molar-refractivity contribution in [2.75, 3.05) is 6.61 Å². The molecule has 0 N–H and O–H groups in total. The van der Waals surface area contributed by atoms with Crippen LogP contribution >= 0.6 is 15.9 Å². The molecule has 0 aliphatic rings. The molecule has 0 fully saturated rings. The fourth-order valence-corrected chi connectivity index (χ4v) is 3.51. The molecule has 0 spiro atoms. The average Bonchev–Trinajstić information content (AvgIpc) is 2.82. The van der Waals surface area contributed by atoms with Crippen molar-refractivity contribution in [1.29, 1.82) is 5.26 Å². The highest BCUT2D eigenvalue weighted by molar-refractivity contribution is 9.10. The van der Waals surface area contributed by atoms with Gasteiger partial charge in [-0.3, -0.25) is 10.1 Å². The van der Waals surface area contributed by atoms with Crippen LogP contribution in [-0.4, -0.2) is 17.7 Å². The summed E-state index contributed by atoms with van der Waals surface area (Å²) < 4.78 is 12.3. The second-order valence-electron chi connectivity index (χ2n) is 6.76. The number of hydrogen-bond donors (Lipinski definition) is 0. The van der Waals surface area contributed by atoms with Crippen LogP contribution < -0.4 is 9.47 Å². The van der Waals surface area contributed by atoms with E-state index in [0.717, 1.165) is 5.56 Å². The van der Waals surface area contributed by atoms with Crippen LogP contribution in [0.15, 0.2) is 70.3 Å². The molecule has 0 aliphatic carbocycles. The molecule has 33 heavy (non-hydrogen) atoms. The molecule has 0 saturated heterocycles. The van der Waals surface area contributed by atoms with Gasteiger partial charge in [0.1, 0.15) is 13.2 Å². The van der Waals surface area contributed by atoms with E-state index in [4.69, 9.17) is 14.3 Å². The summed E-state index contributed by atoms with van der Waals surface area (Å²) >= 11 is 3.51. The van der Waals surface area contributed by atoms with E-state index in [-0.39, 0.29) is 18.9 Å². The standard InChI is InChI=1S/C24H20BrN3O5/c1-2-31-23-12-18(14-27-33-15-17-6-5-9-21(10-17)28(29)30)11-22(25)24(23)32-16-20-8-4-3-7-19(20)13-26/h3-12,14H,2,15-16H2,1H3/b27-14-. The first kappa shape index (κ1) is 23.8. The van der Waals surface area contributed by atoms with E-state index >= 15 is 0 Å². The molecule has 3 aromatic rings. The van der Waals surface area contributed by atoms with Gasteiger partial charge in [0.2, 0.25) is 0 Å². The number of nitro groups is 1. The minimum Gasteiger partial charge on any atom is -0.490 e. The van der Waals surface area contributed by atoms with Gasteiger partial charge in [-0.15, -0.1) is 0 Å². The monoisotopic (exact) mass is 509 g/mol. The number of rotatable bonds is 10. The molecule has 3 aromatic carbocycles. The summed E-state index contributed by atoms with van der Waals surface area (Å²) in [6, 6.07) is 19.1. The Morgan fingerprint density at radius 1 is 1.12 bits per heavy atom. The number of nitriles is 1. The lowest BCUT2D eigenvalue weighted by Crippen LogP contribution is -2.03. The van der Waals surface area contributed by atoms with E-state index in [0.29, 0.717) is 39.3 Å². The van der Waals surface area contributed by atoms with Gasteiger partial charge >= 0.3 is 0 Å². The van der Waals surface area contributed by atoms with E-state index < -0.39 is 4.92 Å². The van der Waals surface area contributed by atoms with E-state index in [1.165, 1.54) is 18.3 Å². The maximum Gasteiger partial charge on any atom is 0.269 e. The Morgan fingerprint density at radius 3 is 2.70 bits per heavy atom. The smallest absolute Gasteiger partial charge is 0.269 e. The summed E-state index contributed by atoms with van der Waals surface area (Å²) in [6.45, 7) is 2.60. The maximum atomic E-state index is 10.9. The van der Waals surface area contributed by atoms with Crippen molar-refractivity contribution in [1.82, 2.24) is 0 Å². The number of halogens is 1. The minimum absolute atomic E-state index is 0.00153. The molecule has 168 valence electrons. The van der Waals surface area contributed by atoms with Gasteiger partial charge in [0.25, 0.3) is 5.69 Å². The van der Waals surface area contributed by atoms with Crippen LogP contribution in [0, 0.1) is 21.4 Å². The molecule has 0 amide bonds. The maximum absolute atomic E-state index is 10.9.